The fraction of sp³-hybridized carbons (Fsp3) is 0.231. The maximum atomic E-state index is 13.6. The molecule has 0 saturated heterocycles. The third-order valence-corrected chi connectivity index (χ3v) is 3.04. The summed E-state index contributed by atoms with van der Waals surface area (Å²) in [5, 5.41) is 7.01. The van der Waals surface area contributed by atoms with Gasteiger partial charge >= 0.3 is 0 Å². The average Bonchev–Trinajstić information content (AvgIpc) is 2.62. The van der Waals surface area contributed by atoms with Gasteiger partial charge in [0.25, 0.3) is 0 Å². The number of aromatic nitrogens is 2. The van der Waals surface area contributed by atoms with Crippen LogP contribution < -0.4 is 5.32 Å². The predicted octanol–water partition coefficient (Wildman–Crippen LogP) is 3.56. The molecule has 0 aromatic carbocycles. The van der Waals surface area contributed by atoms with Gasteiger partial charge < -0.3 is 5.32 Å². The van der Waals surface area contributed by atoms with Gasteiger partial charge in [0.1, 0.15) is 0 Å². The summed E-state index contributed by atoms with van der Waals surface area (Å²) >= 11 is 1.59. The van der Waals surface area contributed by atoms with Gasteiger partial charge in [-0.15, -0.1) is 11.8 Å². The van der Waals surface area contributed by atoms with Crippen molar-refractivity contribution in [1.82, 2.24) is 9.97 Å². The molecule has 1 aliphatic heterocycles. The van der Waals surface area contributed by atoms with Crippen LogP contribution in [0.4, 0.5) is 10.3 Å². The molecule has 0 spiro atoms. The van der Waals surface area contributed by atoms with E-state index >= 15 is 0 Å². The first-order valence-electron chi connectivity index (χ1n) is 5.69. The Morgan fingerprint density at radius 1 is 1.33 bits per heavy atom. The largest absolute Gasteiger partial charge is 0.324 e. The normalized spacial score (nSPS) is 14.3. The molecule has 0 amide bonds. The Morgan fingerprint density at radius 2 is 2.17 bits per heavy atom. The highest BCUT2D eigenvalue weighted by Gasteiger charge is 2.10. The Kier molecular flexibility index (Phi) is 4.15. The Morgan fingerprint density at radius 3 is 2.94 bits per heavy atom. The maximum absolute atomic E-state index is 13.6. The van der Waals surface area contributed by atoms with E-state index in [0.717, 1.165) is 5.70 Å². The monoisotopic (exact) mass is 263 g/mol. The smallest absolute Gasteiger partial charge is 0.227 e. The molecule has 3 nitrogen and oxygen atoms in total. The number of hydrogen-bond acceptors (Lipinski definition) is 4. The number of nitrogens with zero attached hydrogens (tertiary/aromatic N) is 2. The first-order valence-corrected chi connectivity index (χ1v) is 6.64. The Bertz CT molecular complexity index is 535. The van der Waals surface area contributed by atoms with Gasteiger partial charge in [-0.05, 0) is 36.3 Å². The Balaban J connectivity index is 2.26. The molecule has 1 N–H and O–H groups in total. The summed E-state index contributed by atoms with van der Waals surface area (Å²) in [6, 6.07) is 0. The topological polar surface area (TPSA) is 37.8 Å². The van der Waals surface area contributed by atoms with Gasteiger partial charge in [-0.1, -0.05) is 13.0 Å². The van der Waals surface area contributed by atoms with Crippen molar-refractivity contribution in [3.8, 4) is 0 Å². The first kappa shape index (κ1) is 12.8. The van der Waals surface area contributed by atoms with Crippen molar-refractivity contribution in [3.05, 3.63) is 51.9 Å². The molecule has 5 heteroatoms. The molecule has 0 radical (unpaired) electrons. The van der Waals surface area contributed by atoms with E-state index in [9.17, 15) is 4.39 Å². The second-order valence-electron chi connectivity index (χ2n) is 3.76. The average molecular weight is 263 g/mol. The zero-order chi connectivity index (χ0) is 13.0. The summed E-state index contributed by atoms with van der Waals surface area (Å²) in [7, 11) is 0. The van der Waals surface area contributed by atoms with Crippen LogP contribution in [0, 0.1) is 12.7 Å². The first-order chi connectivity index (χ1) is 8.70. The summed E-state index contributed by atoms with van der Waals surface area (Å²) in [5.41, 5.74) is 1.69. The molecule has 0 saturated carbocycles. The summed E-state index contributed by atoms with van der Waals surface area (Å²) in [6.45, 7) is 3.52. The van der Waals surface area contributed by atoms with E-state index in [-0.39, 0.29) is 5.82 Å². The number of halogens is 1. The minimum atomic E-state index is -0.316. The van der Waals surface area contributed by atoms with Crippen LogP contribution in [0.1, 0.15) is 18.3 Å². The van der Waals surface area contributed by atoms with Gasteiger partial charge in [-0.3, -0.25) is 0 Å². The van der Waals surface area contributed by atoms with Crippen LogP contribution in [0.3, 0.4) is 0 Å². The van der Waals surface area contributed by atoms with Gasteiger partial charge in [0.2, 0.25) is 5.95 Å². The zero-order valence-corrected chi connectivity index (χ0v) is 11.1. The molecule has 0 fully saturated rings. The van der Waals surface area contributed by atoms with Crippen molar-refractivity contribution >= 4 is 17.7 Å². The molecule has 1 aromatic heterocycles. The number of hydrogen-bond donors (Lipinski definition) is 1. The second-order valence-corrected chi connectivity index (χ2v) is 4.58. The zero-order valence-electron chi connectivity index (χ0n) is 10.3. The lowest BCUT2D eigenvalue weighted by atomic mass is 10.2. The van der Waals surface area contributed by atoms with Gasteiger partial charge in [-0.25, -0.2) is 14.4 Å². The lowest BCUT2D eigenvalue weighted by Crippen LogP contribution is -2.07. The third-order valence-electron chi connectivity index (χ3n) is 2.44. The number of nitrogens with one attached hydrogen (secondary N) is 1. The molecule has 0 atom stereocenters. The highest BCUT2D eigenvalue weighted by Crippen LogP contribution is 2.16. The minimum absolute atomic E-state index is 0.316. The number of thioether (sulfide) groups is 1. The molecule has 2 rings (SSSR count). The molecular weight excluding hydrogens is 249 g/mol. The van der Waals surface area contributed by atoms with Crippen LogP contribution in [0.15, 0.2) is 34.7 Å². The van der Waals surface area contributed by atoms with Crippen LogP contribution in [0.2, 0.25) is 0 Å². The molecule has 18 heavy (non-hydrogen) atoms. The maximum Gasteiger partial charge on any atom is 0.227 e. The number of aryl methyl sites for hydroxylation is 2. The van der Waals surface area contributed by atoms with E-state index in [4.69, 9.17) is 0 Å². The van der Waals surface area contributed by atoms with Gasteiger partial charge in [0.15, 0.2) is 5.82 Å². The summed E-state index contributed by atoms with van der Waals surface area (Å²) in [6.07, 6.45) is 6.33. The van der Waals surface area contributed by atoms with Gasteiger partial charge in [0, 0.05) is 5.70 Å². The van der Waals surface area contributed by atoms with E-state index < -0.39 is 0 Å². The lowest BCUT2D eigenvalue weighted by Gasteiger charge is -2.08. The minimum Gasteiger partial charge on any atom is -0.324 e. The van der Waals surface area contributed by atoms with Crippen LogP contribution in [0.25, 0.3) is 0 Å². The van der Waals surface area contributed by atoms with Crippen molar-refractivity contribution in [2.75, 3.05) is 5.32 Å². The quantitative estimate of drug-likeness (QED) is 0.905. The molecule has 0 aliphatic carbocycles. The highest BCUT2D eigenvalue weighted by molar-refractivity contribution is 8.04. The van der Waals surface area contributed by atoms with Crippen molar-refractivity contribution in [1.29, 1.82) is 0 Å². The lowest BCUT2D eigenvalue weighted by molar-refractivity contribution is 0.583. The van der Waals surface area contributed by atoms with Crippen LogP contribution in [-0.2, 0) is 6.42 Å². The van der Waals surface area contributed by atoms with Crippen molar-refractivity contribution in [2.24, 2.45) is 0 Å². The Hall–Kier alpha value is -1.62. The molecule has 0 bridgehead atoms. The molecule has 94 valence electrons. The van der Waals surface area contributed by atoms with Crippen molar-refractivity contribution in [2.45, 2.75) is 20.3 Å². The van der Waals surface area contributed by atoms with E-state index in [2.05, 4.69) is 15.3 Å². The fourth-order valence-electron chi connectivity index (χ4n) is 1.52. The highest BCUT2D eigenvalue weighted by atomic mass is 32.2. The fourth-order valence-corrected chi connectivity index (χ4v) is 2.01. The van der Waals surface area contributed by atoms with E-state index in [1.807, 2.05) is 36.0 Å². The number of anilines is 1. The summed E-state index contributed by atoms with van der Waals surface area (Å²) in [5.74, 6) is 0.117. The Labute approximate surface area is 110 Å². The molecule has 2 heterocycles. The van der Waals surface area contributed by atoms with Crippen molar-refractivity contribution < 1.29 is 4.39 Å². The van der Waals surface area contributed by atoms with E-state index in [1.165, 1.54) is 0 Å². The van der Waals surface area contributed by atoms with Gasteiger partial charge in [0.05, 0.1) is 11.4 Å². The standard InChI is InChI=1S/C13H14FN3S/c1-3-11-12(14)9(2)15-13(17-11)16-10-5-4-7-18-8-6-10/h4-8H,3H2,1-2H3,(H,15,16,17). The van der Waals surface area contributed by atoms with E-state index in [0.29, 0.717) is 23.8 Å². The summed E-state index contributed by atoms with van der Waals surface area (Å²) in [4.78, 5) is 8.28. The van der Waals surface area contributed by atoms with E-state index in [1.54, 1.807) is 18.7 Å². The molecule has 1 aliphatic rings. The third kappa shape index (κ3) is 2.98. The predicted molar refractivity (Wildman–Crippen MR) is 73.7 cm³/mol. The molecule has 0 unspecified atom stereocenters. The van der Waals surface area contributed by atoms with Crippen LogP contribution in [-0.4, -0.2) is 9.97 Å². The summed E-state index contributed by atoms with van der Waals surface area (Å²) < 4.78 is 13.6. The number of rotatable bonds is 3. The SMILES string of the molecule is CCc1nc(NC2=CC=CSC=C2)nc(C)c1F. The van der Waals surface area contributed by atoms with Crippen molar-refractivity contribution in [3.63, 3.8) is 0 Å². The van der Waals surface area contributed by atoms with Crippen LogP contribution in [0.5, 0.6) is 0 Å². The molecular formula is C13H14FN3S. The van der Waals surface area contributed by atoms with Crippen LogP contribution >= 0.6 is 11.8 Å². The second kappa shape index (κ2) is 5.82. The van der Waals surface area contributed by atoms with Gasteiger partial charge in [-0.2, -0.15) is 0 Å². The number of allylic oxidation sites excluding steroid dienone is 3. The molecule has 1 aromatic rings.